The first kappa shape index (κ1) is 38.0. The molecule has 46 heavy (non-hydrogen) atoms. The SMILES string of the molecule is CC(C)CC(CNC(CCCCN)CN(C)C1CCC(N(C)C(=O)Cc2ccc(F)c(F)c2)CC1)NCC(N)Cc1ccccc1. The Morgan fingerprint density at radius 3 is 2.22 bits per heavy atom. The van der Waals surface area contributed by atoms with Gasteiger partial charge in [-0.05, 0) is 94.1 Å². The van der Waals surface area contributed by atoms with Gasteiger partial charge < -0.3 is 31.9 Å². The van der Waals surface area contributed by atoms with Crippen molar-refractivity contribution in [3.63, 3.8) is 0 Å². The van der Waals surface area contributed by atoms with E-state index in [1.165, 1.54) is 11.6 Å². The number of halogens is 2. The highest BCUT2D eigenvalue weighted by atomic mass is 19.2. The highest BCUT2D eigenvalue weighted by molar-refractivity contribution is 5.78. The van der Waals surface area contributed by atoms with E-state index in [9.17, 15) is 13.6 Å². The van der Waals surface area contributed by atoms with Crippen molar-refractivity contribution in [2.24, 2.45) is 17.4 Å². The van der Waals surface area contributed by atoms with Gasteiger partial charge in [0.1, 0.15) is 0 Å². The van der Waals surface area contributed by atoms with Crippen molar-refractivity contribution in [1.82, 2.24) is 20.4 Å². The molecule has 0 spiro atoms. The maximum absolute atomic E-state index is 13.6. The van der Waals surface area contributed by atoms with Crippen molar-refractivity contribution in [2.75, 3.05) is 40.3 Å². The molecule has 1 aliphatic rings. The van der Waals surface area contributed by atoms with Gasteiger partial charge in [0.2, 0.25) is 5.91 Å². The van der Waals surface area contributed by atoms with Crippen LogP contribution < -0.4 is 22.1 Å². The van der Waals surface area contributed by atoms with Crippen LogP contribution in [0.15, 0.2) is 48.5 Å². The summed E-state index contributed by atoms with van der Waals surface area (Å²) in [6, 6.07) is 15.5. The lowest BCUT2D eigenvalue weighted by atomic mass is 9.89. The van der Waals surface area contributed by atoms with Gasteiger partial charge in [0.25, 0.3) is 0 Å². The zero-order chi connectivity index (χ0) is 33.5. The van der Waals surface area contributed by atoms with Crippen LogP contribution in [0.5, 0.6) is 0 Å². The van der Waals surface area contributed by atoms with E-state index >= 15 is 0 Å². The Kier molecular flexibility index (Phi) is 16.6. The van der Waals surface area contributed by atoms with Crippen LogP contribution in [-0.2, 0) is 17.6 Å². The van der Waals surface area contributed by atoms with Gasteiger partial charge in [-0.1, -0.05) is 56.7 Å². The number of nitrogens with one attached hydrogen (secondary N) is 2. The first-order valence-corrected chi connectivity index (χ1v) is 17.4. The zero-order valence-corrected chi connectivity index (χ0v) is 28.7. The quantitative estimate of drug-likeness (QED) is 0.154. The lowest BCUT2D eigenvalue weighted by Crippen LogP contribution is -2.51. The van der Waals surface area contributed by atoms with E-state index in [1.54, 1.807) is 0 Å². The number of carbonyl (C=O) groups excluding carboxylic acids is 1. The summed E-state index contributed by atoms with van der Waals surface area (Å²) in [6.45, 7) is 7.91. The summed E-state index contributed by atoms with van der Waals surface area (Å²) < 4.78 is 26.9. The zero-order valence-electron chi connectivity index (χ0n) is 28.7. The van der Waals surface area contributed by atoms with Crippen LogP contribution in [0.25, 0.3) is 0 Å². The van der Waals surface area contributed by atoms with Gasteiger partial charge in [-0.3, -0.25) is 4.79 Å². The molecule has 3 unspecified atom stereocenters. The van der Waals surface area contributed by atoms with Gasteiger partial charge in [0.15, 0.2) is 11.6 Å². The van der Waals surface area contributed by atoms with Crippen LogP contribution in [-0.4, -0.2) is 86.2 Å². The molecule has 2 aromatic carbocycles. The molecular weight excluding hydrogens is 582 g/mol. The van der Waals surface area contributed by atoms with Gasteiger partial charge in [0.05, 0.1) is 6.42 Å². The van der Waals surface area contributed by atoms with Crippen LogP contribution in [0.4, 0.5) is 8.78 Å². The molecule has 7 nitrogen and oxygen atoms in total. The third-order valence-electron chi connectivity index (χ3n) is 9.50. The van der Waals surface area contributed by atoms with Crippen molar-refractivity contribution in [3.8, 4) is 0 Å². The second-order valence-electron chi connectivity index (χ2n) is 13.9. The van der Waals surface area contributed by atoms with E-state index in [-0.39, 0.29) is 24.4 Å². The molecule has 6 N–H and O–H groups in total. The van der Waals surface area contributed by atoms with E-state index in [0.717, 1.165) is 89.6 Å². The Morgan fingerprint density at radius 2 is 1.57 bits per heavy atom. The number of benzene rings is 2. The average Bonchev–Trinajstić information content (AvgIpc) is 3.03. The minimum Gasteiger partial charge on any atom is -0.342 e. The fourth-order valence-electron chi connectivity index (χ4n) is 6.75. The van der Waals surface area contributed by atoms with E-state index in [0.29, 0.717) is 36.2 Å². The van der Waals surface area contributed by atoms with Gasteiger partial charge in [-0.2, -0.15) is 0 Å². The molecule has 258 valence electrons. The fraction of sp³-hybridized carbons (Fsp3) is 0.649. The third kappa shape index (κ3) is 13.4. The van der Waals surface area contributed by atoms with E-state index in [1.807, 2.05) is 18.0 Å². The fourth-order valence-corrected chi connectivity index (χ4v) is 6.75. The lowest BCUT2D eigenvalue weighted by Gasteiger charge is -2.39. The predicted octanol–water partition coefficient (Wildman–Crippen LogP) is 4.87. The highest BCUT2D eigenvalue weighted by Crippen LogP contribution is 2.26. The average molecular weight is 643 g/mol. The predicted molar refractivity (Wildman–Crippen MR) is 186 cm³/mol. The first-order valence-electron chi connectivity index (χ1n) is 17.4. The molecule has 1 saturated carbocycles. The van der Waals surface area contributed by atoms with Gasteiger partial charge in [-0.25, -0.2) is 8.78 Å². The highest BCUT2D eigenvalue weighted by Gasteiger charge is 2.29. The number of likely N-dealkylation sites (N-methyl/N-ethyl adjacent to an activating group) is 2. The van der Waals surface area contributed by atoms with Crippen molar-refractivity contribution in [1.29, 1.82) is 0 Å². The molecule has 0 saturated heterocycles. The Labute approximate surface area is 276 Å². The van der Waals surface area contributed by atoms with Crippen LogP contribution in [0, 0.1) is 17.6 Å². The molecule has 0 aliphatic heterocycles. The largest absolute Gasteiger partial charge is 0.342 e. The third-order valence-corrected chi connectivity index (χ3v) is 9.50. The van der Waals surface area contributed by atoms with Crippen LogP contribution >= 0.6 is 0 Å². The number of amides is 1. The minimum atomic E-state index is -0.915. The van der Waals surface area contributed by atoms with Gasteiger partial charge in [-0.15, -0.1) is 0 Å². The number of nitrogens with zero attached hydrogens (tertiary/aromatic N) is 2. The minimum absolute atomic E-state index is 0.0578. The van der Waals surface area contributed by atoms with Crippen molar-refractivity contribution in [3.05, 3.63) is 71.3 Å². The van der Waals surface area contributed by atoms with Crippen molar-refractivity contribution >= 4 is 5.91 Å². The summed E-state index contributed by atoms with van der Waals surface area (Å²) in [5.74, 6) is -1.28. The number of nitrogens with two attached hydrogens (primary N) is 2. The summed E-state index contributed by atoms with van der Waals surface area (Å²) in [4.78, 5) is 17.2. The summed E-state index contributed by atoms with van der Waals surface area (Å²) in [5, 5.41) is 7.68. The summed E-state index contributed by atoms with van der Waals surface area (Å²) >= 11 is 0. The standard InChI is InChI=1S/C37H60F2N6O/c1-27(2)20-32(42-24-30(41)21-28-10-6-5-7-11-28)25-43-31(12-8-9-19-40)26-44(3)33-14-16-34(17-15-33)45(4)37(46)23-29-13-18-35(38)36(39)22-29/h5-7,10-11,13,18,22,27,30-34,42-43H,8-9,12,14-17,19-21,23-26,40-41H2,1-4H3. The summed E-state index contributed by atoms with van der Waals surface area (Å²) in [5.41, 5.74) is 14.1. The van der Waals surface area contributed by atoms with Crippen molar-refractivity contribution in [2.45, 2.75) is 108 Å². The Hall–Kier alpha value is -2.43. The number of hydrogen-bond donors (Lipinski definition) is 4. The van der Waals surface area contributed by atoms with Crippen LogP contribution in [0.2, 0.25) is 0 Å². The van der Waals surface area contributed by atoms with Crippen molar-refractivity contribution < 1.29 is 13.6 Å². The Bertz CT molecular complexity index is 1140. The molecule has 1 aliphatic carbocycles. The maximum atomic E-state index is 13.6. The second-order valence-corrected chi connectivity index (χ2v) is 13.9. The molecular formula is C37H60F2N6O. The number of unbranched alkanes of at least 4 members (excludes halogenated alkanes) is 1. The second kappa shape index (κ2) is 20.1. The molecule has 1 amide bonds. The molecule has 3 atom stereocenters. The maximum Gasteiger partial charge on any atom is 0.226 e. The number of rotatable bonds is 20. The van der Waals surface area contributed by atoms with Gasteiger partial charge in [0, 0.05) is 56.9 Å². The molecule has 0 heterocycles. The normalized spacial score (nSPS) is 18.9. The van der Waals surface area contributed by atoms with Gasteiger partial charge >= 0.3 is 0 Å². The Balaban J connectivity index is 1.48. The summed E-state index contributed by atoms with van der Waals surface area (Å²) in [6.07, 6.45) is 9.16. The Morgan fingerprint density at radius 1 is 0.891 bits per heavy atom. The summed E-state index contributed by atoms with van der Waals surface area (Å²) in [7, 11) is 4.07. The van der Waals surface area contributed by atoms with Crippen LogP contribution in [0.3, 0.4) is 0 Å². The first-order chi connectivity index (χ1) is 22.0. The molecule has 3 rings (SSSR count). The molecule has 2 aromatic rings. The molecule has 0 bridgehead atoms. The monoisotopic (exact) mass is 642 g/mol. The number of hydrogen-bond acceptors (Lipinski definition) is 6. The molecule has 0 radical (unpaired) electrons. The molecule has 0 aromatic heterocycles. The number of carbonyl (C=O) groups is 1. The smallest absolute Gasteiger partial charge is 0.226 e. The van der Waals surface area contributed by atoms with E-state index < -0.39 is 11.6 Å². The molecule has 1 fully saturated rings. The van der Waals surface area contributed by atoms with Crippen LogP contribution in [0.1, 0.15) is 76.3 Å². The topological polar surface area (TPSA) is 99.6 Å². The van der Waals surface area contributed by atoms with E-state index in [4.69, 9.17) is 11.5 Å². The molecule has 9 heteroatoms. The van der Waals surface area contributed by atoms with E-state index in [2.05, 4.69) is 60.7 Å². The lowest BCUT2D eigenvalue weighted by molar-refractivity contribution is -0.132.